The minimum Gasteiger partial charge on any atom is -1.00 e. The molecule has 0 heterocycles. The largest absolute Gasteiger partial charge is 1.00 e. The predicted molar refractivity (Wildman–Crippen MR) is 68.3 cm³/mol. The van der Waals surface area contributed by atoms with Crippen LogP contribution in [0.1, 0.15) is 5.56 Å². The average Bonchev–Trinajstić information content (AvgIpc) is 2.29. The topological polar surface area (TPSA) is 26.3 Å². The van der Waals surface area contributed by atoms with Crippen molar-refractivity contribution in [1.82, 2.24) is 0 Å². The Bertz CT molecular complexity index is 377. The van der Waals surface area contributed by atoms with Crippen LogP contribution in [0.3, 0.4) is 0 Å². The second kappa shape index (κ2) is 8.06. The van der Waals surface area contributed by atoms with Gasteiger partial charge in [-0.25, -0.2) is 4.79 Å². The first-order valence-corrected chi connectivity index (χ1v) is 5.68. The molecule has 0 spiro atoms. The van der Waals surface area contributed by atoms with Gasteiger partial charge in [0.05, 0.1) is 14.1 Å². The van der Waals surface area contributed by atoms with Crippen LogP contribution < -0.4 is 17.0 Å². The molecule has 0 N–H and O–H groups in total. The lowest BCUT2D eigenvalue weighted by atomic mass is 10.2. The van der Waals surface area contributed by atoms with Gasteiger partial charge in [0.1, 0.15) is 19.7 Å². The summed E-state index contributed by atoms with van der Waals surface area (Å²) in [7, 11) is 4.24. The standard InChI is InChI=1S/C14H20NO2.BrH/c1-4-14(16)17-11-10-15(2,3)12-13-8-6-5-7-9-13;/h4-9H,1,10-12H2,2-3H3;1H/q+1;/p-1. The lowest BCUT2D eigenvalue weighted by molar-refractivity contribution is -0.903. The Balaban J connectivity index is 0.00000289. The smallest absolute Gasteiger partial charge is 0.330 e. The van der Waals surface area contributed by atoms with Crippen molar-refractivity contribution in [3.05, 3.63) is 48.6 Å². The number of nitrogens with zero attached hydrogens (tertiary/aromatic N) is 1. The zero-order valence-corrected chi connectivity index (χ0v) is 12.5. The van der Waals surface area contributed by atoms with Gasteiger partial charge in [0.25, 0.3) is 0 Å². The van der Waals surface area contributed by atoms with Crippen molar-refractivity contribution in [3.63, 3.8) is 0 Å². The van der Waals surface area contributed by atoms with E-state index >= 15 is 0 Å². The molecule has 0 atom stereocenters. The monoisotopic (exact) mass is 313 g/mol. The highest BCUT2D eigenvalue weighted by molar-refractivity contribution is 5.81. The van der Waals surface area contributed by atoms with Crippen LogP contribution in [-0.4, -0.2) is 37.7 Å². The highest BCUT2D eigenvalue weighted by Crippen LogP contribution is 2.08. The number of benzene rings is 1. The maximum atomic E-state index is 10.9. The van der Waals surface area contributed by atoms with E-state index in [4.69, 9.17) is 4.74 Å². The Morgan fingerprint density at radius 3 is 2.50 bits per heavy atom. The number of ether oxygens (including phenoxy) is 1. The molecule has 0 bridgehead atoms. The fourth-order valence-corrected chi connectivity index (χ4v) is 1.61. The Morgan fingerprint density at radius 2 is 1.94 bits per heavy atom. The minimum absolute atomic E-state index is 0. The molecule has 1 rings (SSSR count). The van der Waals surface area contributed by atoms with E-state index in [-0.39, 0.29) is 23.0 Å². The Kier molecular flexibility index (Phi) is 7.55. The summed E-state index contributed by atoms with van der Waals surface area (Å²) in [6, 6.07) is 10.3. The molecule has 4 heteroatoms. The van der Waals surface area contributed by atoms with E-state index in [1.54, 1.807) is 0 Å². The molecular formula is C14H20BrNO2. The summed E-state index contributed by atoms with van der Waals surface area (Å²) in [6.45, 7) is 5.49. The summed E-state index contributed by atoms with van der Waals surface area (Å²) in [4.78, 5) is 10.9. The third-order valence-electron chi connectivity index (χ3n) is 2.56. The van der Waals surface area contributed by atoms with E-state index < -0.39 is 0 Å². The van der Waals surface area contributed by atoms with Crippen LogP contribution in [0.15, 0.2) is 43.0 Å². The number of halogens is 1. The number of carbonyl (C=O) groups excluding carboxylic acids is 1. The predicted octanol–water partition coefficient (Wildman–Crippen LogP) is -1.00. The average molecular weight is 314 g/mol. The molecule has 1 aromatic rings. The third-order valence-corrected chi connectivity index (χ3v) is 2.56. The van der Waals surface area contributed by atoms with Gasteiger partial charge in [-0.3, -0.25) is 0 Å². The number of hydrogen-bond donors (Lipinski definition) is 0. The molecule has 18 heavy (non-hydrogen) atoms. The normalized spacial score (nSPS) is 10.3. The van der Waals surface area contributed by atoms with E-state index in [9.17, 15) is 4.79 Å². The second-order valence-electron chi connectivity index (χ2n) is 4.67. The first-order valence-electron chi connectivity index (χ1n) is 5.68. The molecule has 1 aromatic carbocycles. The zero-order valence-electron chi connectivity index (χ0n) is 10.9. The molecule has 0 amide bonds. The number of quaternary nitrogens is 1. The van der Waals surface area contributed by atoms with Crippen LogP contribution in [0.25, 0.3) is 0 Å². The van der Waals surface area contributed by atoms with Crippen LogP contribution in [-0.2, 0) is 16.1 Å². The molecule has 0 saturated carbocycles. The van der Waals surface area contributed by atoms with E-state index in [1.165, 1.54) is 11.6 Å². The molecule has 3 nitrogen and oxygen atoms in total. The summed E-state index contributed by atoms with van der Waals surface area (Å²) in [6.07, 6.45) is 1.19. The second-order valence-corrected chi connectivity index (χ2v) is 4.67. The molecule has 0 aromatic heterocycles. The van der Waals surface area contributed by atoms with Gasteiger partial charge >= 0.3 is 5.97 Å². The van der Waals surface area contributed by atoms with Gasteiger partial charge in [-0.05, 0) is 0 Å². The maximum Gasteiger partial charge on any atom is 0.330 e. The molecule has 0 fully saturated rings. The van der Waals surface area contributed by atoms with E-state index in [1.807, 2.05) is 18.2 Å². The fraction of sp³-hybridized carbons (Fsp3) is 0.357. The Hall–Kier alpha value is -1.13. The minimum atomic E-state index is -0.357. The van der Waals surface area contributed by atoms with Crippen LogP contribution in [0.2, 0.25) is 0 Å². The third kappa shape index (κ3) is 6.57. The molecular weight excluding hydrogens is 294 g/mol. The summed E-state index contributed by atoms with van der Waals surface area (Å²) < 4.78 is 5.78. The van der Waals surface area contributed by atoms with Gasteiger partial charge in [0.2, 0.25) is 0 Å². The van der Waals surface area contributed by atoms with Crippen molar-refractivity contribution in [2.75, 3.05) is 27.2 Å². The maximum absolute atomic E-state index is 10.9. The summed E-state index contributed by atoms with van der Waals surface area (Å²) in [5.41, 5.74) is 1.28. The Labute approximate surface area is 119 Å². The number of likely N-dealkylation sites (N-methyl/N-ethyl adjacent to an activating group) is 1. The van der Waals surface area contributed by atoms with Gasteiger partial charge in [0.15, 0.2) is 0 Å². The molecule has 0 saturated heterocycles. The SMILES string of the molecule is C=CC(=O)OCC[N+](C)(C)Cc1ccccc1.[Br-]. The van der Waals surface area contributed by atoms with Crippen LogP contribution in [0, 0.1) is 0 Å². The summed E-state index contributed by atoms with van der Waals surface area (Å²) in [5.74, 6) is -0.357. The van der Waals surface area contributed by atoms with Crippen LogP contribution in [0.5, 0.6) is 0 Å². The van der Waals surface area contributed by atoms with Gasteiger partial charge in [-0.15, -0.1) is 0 Å². The van der Waals surface area contributed by atoms with E-state index in [0.717, 1.165) is 17.6 Å². The molecule has 100 valence electrons. The number of esters is 1. The van der Waals surface area contributed by atoms with Crippen molar-refractivity contribution in [2.24, 2.45) is 0 Å². The first kappa shape index (κ1) is 16.9. The lowest BCUT2D eigenvalue weighted by Crippen LogP contribution is -3.00. The van der Waals surface area contributed by atoms with E-state index in [2.05, 4.69) is 32.8 Å². The van der Waals surface area contributed by atoms with Crippen LogP contribution in [0.4, 0.5) is 0 Å². The van der Waals surface area contributed by atoms with Gasteiger partial charge in [-0.1, -0.05) is 36.9 Å². The van der Waals surface area contributed by atoms with Gasteiger partial charge in [-0.2, -0.15) is 0 Å². The Morgan fingerprint density at radius 1 is 1.33 bits per heavy atom. The van der Waals surface area contributed by atoms with Crippen molar-refractivity contribution in [1.29, 1.82) is 0 Å². The number of hydrogen-bond acceptors (Lipinski definition) is 2. The van der Waals surface area contributed by atoms with Crippen molar-refractivity contribution in [3.8, 4) is 0 Å². The first-order chi connectivity index (χ1) is 8.03. The summed E-state index contributed by atoms with van der Waals surface area (Å²) in [5, 5.41) is 0. The highest BCUT2D eigenvalue weighted by atomic mass is 79.9. The molecule has 0 unspecified atom stereocenters. The van der Waals surface area contributed by atoms with Crippen molar-refractivity contribution >= 4 is 5.97 Å². The van der Waals surface area contributed by atoms with Crippen molar-refractivity contribution < 1.29 is 31.0 Å². The van der Waals surface area contributed by atoms with Crippen LogP contribution >= 0.6 is 0 Å². The number of rotatable bonds is 6. The van der Waals surface area contributed by atoms with Crippen molar-refractivity contribution in [2.45, 2.75) is 6.54 Å². The highest BCUT2D eigenvalue weighted by Gasteiger charge is 2.16. The molecule has 0 aliphatic rings. The van der Waals surface area contributed by atoms with Gasteiger partial charge < -0.3 is 26.2 Å². The molecule has 0 aliphatic carbocycles. The molecule has 0 radical (unpaired) electrons. The summed E-state index contributed by atoms with van der Waals surface area (Å²) >= 11 is 0. The fourth-order valence-electron chi connectivity index (χ4n) is 1.61. The lowest BCUT2D eigenvalue weighted by Gasteiger charge is -2.29. The molecule has 0 aliphatic heterocycles. The quantitative estimate of drug-likeness (QED) is 0.382. The van der Waals surface area contributed by atoms with E-state index in [0.29, 0.717) is 6.61 Å². The number of carbonyl (C=O) groups is 1. The van der Waals surface area contributed by atoms with Gasteiger partial charge in [0, 0.05) is 11.6 Å². The zero-order chi connectivity index (χ0) is 12.7.